The van der Waals surface area contributed by atoms with Crippen LogP contribution in [0.2, 0.25) is 0 Å². The average molecular weight is 453 g/mol. The highest BCUT2D eigenvalue weighted by Crippen LogP contribution is 2.44. The summed E-state index contributed by atoms with van der Waals surface area (Å²) >= 11 is 0. The minimum absolute atomic E-state index is 0.0112. The molecule has 8 nitrogen and oxygen atoms in total. The van der Waals surface area contributed by atoms with Gasteiger partial charge in [0.15, 0.2) is 0 Å². The Morgan fingerprint density at radius 1 is 1.06 bits per heavy atom. The fourth-order valence-corrected chi connectivity index (χ4v) is 4.63. The molecule has 0 aromatic heterocycles. The second-order valence-electron chi connectivity index (χ2n) is 8.47. The Morgan fingerprint density at radius 3 is 2.24 bits per heavy atom. The summed E-state index contributed by atoms with van der Waals surface area (Å²) in [4.78, 5) is 37.1. The molecule has 1 aliphatic heterocycles. The van der Waals surface area contributed by atoms with Gasteiger partial charge >= 0.3 is 12.1 Å². The Balaban J connectivity index is 1.23. The van der Waals surface area contributed by atoms with E-state index < -0.39 is 18.2 Å². The summed E-state index contributed by atoms with van der Waals surface area (Å²) in [6, 6.07) is 16.3. The first kappa shape index (κ1) is 22.8. The van der Waals surface area contributed by atoms with E-state index in [9.17, 15) is 14.4 Å². The Labute approximate surface area is 192 Å². The normalized spacial score (nSPS) is 15.8. The van der Waals surface area contributed by atoms with Gasteiger partial charge in [0.2, 0.25) is 0 Å². The van der Waals surface area contributed by atoms with E-state index in [1.54, 1.807) is 4.90 Å². The van der Waals surface area contributed by atoms with Gasteiger partial charge in [0.1, 0.15) is 12.7 Å². The molecule has 2 aromatic rings. The Hall–Kier alpha value is -3.39. The molecule has 1 fully saturated rings. The molecule has 1 heterocycles. The Bertz CT molecular complexity index is 988. The molecule has 0 radical (unpaired) electrons. The number of alkyl carbamates (subject to hydrolysis) is 1. The number of aliphatic carboxylic acids is 1. The number of fused-ring (bicyclic) bond motifs is 3. The van der Waals surface area contributed by atoms with Crippen LogP contribution in [0.3, 0.4) is 0 Å². The first-order valence-electron chi connectivity index (χ1n) is 11.1. The van der Waals surface area contributed by atoms with Crippen LogP contribution in [0.25, 0.3) is 11.1 Å². The van der Waals surface area contributed by atoms with Crippen LogP contribution in [0, 0.1) is 5.92 Å². The number of carboxylic acids is 1. The SMILES string of the molecule is COC(CCNC(=O)OCC1c2ccccc2-c2ccccc21)C(=O)N1CC(CC(=O)O)C1. The van der Waals surface area contributed by atoms with Crippen molar-refractivity contribution in [1.29, 1.82) is 0 Å². The van der Waals surface area contributed by atoms with E-state index in [0.717, 1.165) is 11.1 Å². The number of nitrogens with one attached hydrogen (secondary N) is 1. The maximum atomic E-state index is 12.5. The van der Waals surface area contributed by atoms with Crippen LogP contribution in [0.1, 0.15) is 29.9 Å². The van der Waals surface area contributed by atoms with Crippen LogP contribution < -0.4 is 5.32 Å². The van der Waals surface area contributed by atoms with Crippen molar-refractivity contribution in [2.75, 3.05) is 33.4 Å². The van der Waals surface area contributed by atoms with Gasteiger partial charge in [-0.05, 0) is 22.3 Å². The predicted molar refractivity (Wildman–Crippen MR) is 121 cm³/mol. The lowest BCUT2D eigenvalue weighted by atomic mass is 9.95. The zero-order valence-electron chi connectivity index (χ0n) is 18.5. The highest BCUT2D eigenvalue weighted by molar-refractivity contribution is 5.82. The van der Waals surface area contributed by atoms with Gasteiger partial charge in [-0.2, -0.15) is 0 Å². The topological polar surface area (TPSA) is 105 Å². The number of carbonyl (C=O) groups is 3. The number of carbonyl (C=O) groups excluding carboxylic acids is 2. The minimum Gasteiger partial charge on any atom is -0.481 e. The summed E-state index contributed by atoms with van der Waals surface area (Å²) in [5, 5.41) is 11.5. The second kappa shape index (κ2) is 10.0. The molecule has 8 heteroatoms. The molecule has 4 rings (SSSR count). The largest absolute Gasteiger partial charge is 0.481 e. The molecule has 1 saturated heterocycles. The molecule has 1 unspecified atom stereocenters. The molecule has 2 amide bonds. The van der Waals surface area contributed by atoms with E-state index in [0.29, 0.717) is 19.5 Å². The zero-order chi connectivity index (χ0) is 23.4. The summed E-state index contributed by atoms with van der Waals surface area (Å²) in [5.74, 6) is -1.07. The summed E-state index contributed by atoms with van der Waals surface area (Å²) < 4.78 is 10.8. The average Bonchev–Trinajstić information content (AvgIpc) is 3.11. The van der Waals surface area contributed by atoms with Gasteiger partial charge in [-0.15, -0.1) is 0 Å². The first-order chi connectivity index (χ1) is 16.0. The Morgan fingerprint density at radius 2 is 1.67 bits per heavy atom. The van der Waals surface area contributed by atoms with Gasteiger partial charge < -0.3 is 24.8 Å². The van der Waals surface area contributed by atoms with Crippen molar-refractivity contribution in [3.05, 3.63) is 59.7 Å². The molecule has 2 N–H and O–H groups in total. The number of likely N-dealkylation sites (tertiary alicyclic amines) is 1. The van der Waals surface area contributed by atoms with Crippen LogP contribution in [0.15, 0.2) is 48.5 Å². The second-order valence-corrected chi connectivity index (χ2v) is 8.47. The van der Waals surface area contributed by atoms with Crippen molar-refractivity contribution >= 4 is 18.0 Å². The molecular formula is C25H28N2O6. The van der Waals surface area contributed by atoms with Crippen molar-refractivity contribution in [1.82, 2.24) is 10.2 Å². The third-order valence-electron chi connectivity index (χ3n) is 6.31. The van der Waals surface area contributed by atoms with E-state index >= 15 is 0 Å². The summed E-state index contributed by atoms with van der Waals surface area (Å²) in [5.41, 5.74) is 4.62. The minimum atomic E-state index is -0.859. The molecule has 1 aliphatic carbocycles. The molecule has 174 valence electrons. The van der Waals surface area contributed by atoms with Crippen molar-refractivity contribution in [2.45, 2.75) is 24.9 Å². The van der Waals surface area contributed by atoms with Crippen LogP contribution in [-0.4, -0.2) is 67.4 Å². The van der Waals surface area contributed by atoms with Gasteiger partial charge in [-0.25, -0.2) is 4.79 Å². The summed E-state index contributed by atoms with van der Waals surface area (Å²) in [6.45, 7) is 1.30. The van der Waals surface area contributed by atoms with E-state index in [4.69, 9.17) is 14.6 Å². The first-order valence-corrected chi connectivity index (χ1v) is 11.1. The lowest BCUT2D eigenvalue weighted by Crippen LogP contribution is -2.54. The molecule has 0 saturated carbocycles. The number of benzene rings is 2. The third kappa shape index (κ3) is 5.01. The fourth-order valence-electron chi connectivity index (χ4n) is 4.63. The summed E-state index contributed by atoms with van der Waals surface area (Å²) in [7, 11) is 1.45. The van der Waals surface area contributed by atoms with Gasteiger partial charge in [0.25, 0.3) is 5.91 Å². The molecule has 0 spiro atoms. The van der Waals surface area contributed by atoms with Crippen molar-refractivity contribution in [3.8, 4) is 11.1 Å². The lowest BCUT2D eigenvalue weighted by Gasteiger charge is -2.40. The lowest BCUT2D eigenvalue weighted by molar-refractivity contribution is -0.152. The fraction of sp³-hybridized carbons (Fsp3) is 0.400. The maximum Gasteiger partial charge on any atom is 0.407 e. The zero-order valence-corrected chi connectivity index (χ0v) is 18.5. The predicted octanol–water partition coefficient (Wildman–Crippen LogP) is 2.86. The number of rotatable bonds is 9. The standard InChI is InChI=1S/C25H28N2O6/c1-32-22(24(30)27-13-16(14-27)12-23(28)29)10-11-26-25(31)33-15-21-19-8-4-2-6-17(19)18-7-3-5-9-20(18)21/h2-9,16,21-22H,10-15H2,1H3,(H,26,31)(H,28,29). The van der Waals surface area contributed by atoms with Crippen LogP contribution in [-0.2, 0) is 19.1 Å². The van der Waals surface area contributed by atoms with Gasteiger partial charge in [0.05, 0.1) is 6.42 Å². The molecule has 33 heavy (non-hydrogen) atoms. The quantitative estimate of drug-likeness (QED) is 0.606. The monoisotopic (exact) mass is 452 g/mol. The van der Waals surface area contributed by atoms with Crippen molar-refractivity contribution < 1.29 is 29.0 Å². The Kier molecular flexibility index (Phi) is 6.93. The number of hydrogen-bond donors (Lipinski definition) is 2. The number of carboxylic acid groups (broad SMARTS) is 1. The summed E-state index contributed by atoms with van der Waals surface area (Å²) in [6.07, 6.45) is -0.862. The molecular weight excluding hydrogens is 424 g/mol. The number of amides is 2. The smallest absolute Gasteiger partial charge is 0.407 e. The number of methoxy groups -OCH3 is 1. The van der Waals surface area contributed by atoms with Crippen LogP contribution in [0.5, 0.6) is 0 Å². The van der Waals surface area contributed by atoms with Gasteiger partial charge in [0, 0.05) is 45.0 Å². The molecule has 1 atom stereocenters. The number of hydrogen-bond acceptors (Lipinski definition) is 5. The van der Waals surface area contributed by atoms with Crippen LogP contribution in [0.4, 0.5) is 4.79 Å². The maximum absolute atomic E-state index is 12.5. The van der Waals surface area contributed by atoms with E-state index in [1.165, 1.54) is 18.2 Å². The van der Waals surface area contributed by atoms with E-state index in [2.05, 4.69) is 29.6 Å². The molecule has 2 aromatic carbocycles. The van der Waals surface area contributed by atoms with Crippen molar-refractivity contribution in [2.24, 2.45) is 5.92 Å². The molecule has 0 bridgehead atoms. The third-order valence-corrected chi connectivity index (χ3v) is 6.31. The molecule has 2 aliphatic rings. The van der Waals surface area contributed by atoms with Crippen LogP contribution >= 0.6 is 0 Å². The number of ether oxygens (including phenoxy) is 2. The van der Waals surface area contributed by atoms with Gasteiger partial charge in [-0.1, -0.05) is 48.5 Å². The van der Waals surface area contributed by atoms with E-state index in [-0.39, 0.29) is 37.3 Å². The van der Waals surface area contributed by atoms with Crippen molar-refractivity contribution in [3.63, 3.8) is 0 Å². The highest BCUT2D eigenvalue weighted by atomic mass is 16.5. The van der Waals surface area contributed by atoms with E-state index in [1.807, 2.05) is 24.3 Å². The number of nitrogens with zero attached hydrogens (tertiary/aromatic N) is 1. The van der Waals surface area contributed by atoms with Gasteiger partial charge in [-0.3, -0.25) is 9.59 Å². The highest BCUT2D eigenvalue weighted by Gasteiger charge is 2.35.